The zero-order chi connectivity index (χ0) is 15.8. The number of anilines is 1. The molecule has 0 aromatic carbocycles. The quantitative estimate of drug-likeness (QED) is 0.708. The molecule has 0 saturated heterocycles. The Kier molecular flexibility index (Phi) is 6.65. The summed E-state index contributed by atoms with van der Waals surface area (Å²) in [7, 11) is 1.54. The predicted octanol–water partition coefficient (Wildman–Crippen LogP) is 1.33. The first-order valence-corrected chi connectivity index (χ1v) is 7.29. The normalized spacial score (nSPS) is 11.6. The number of carbonyl (C=O) groups is 2. The summed E-state index contributed by atoms with van der Waals surface area (Å²) in [6.07, 6.45) is 1.77. The summed E-state index contributed by atoms with van der Waals surface area (Å²) >= 11 is 0. The maximum Gasteiger partial charge on any atom is 0.252 e. The Hall–Kier alpha value is -2.11. The largest absolute Gasteiger partial charge is 0.370 e. The van der Waals surface area contributed by atoms with E-state index in [-0.39, 0.29) is 11.8 Å². The number of likely N-dealkylation sites (N-methyl/N-ethyl adjacent to an activating group) is 1. The number of nitrogens with zero attached hydrogens (tertiary/aromatic N) is 1. The van der Waals surface area contributed by atoms with Crippen molar-refractivity contribution < 1.29 is 9.59 Å². The number of nitrogens with one attached hydrogen (secondary N) is 3. The Bertz CT molecular complexity index is 478. The van der Waals surface area contributed by atoms with Crippen LogP contribution in [0, 0.1) is 0 Å². The van der Waals surface area contributed by atoms with E-state index < -0.39 is 6.04 Å². The Morgan fingerprint density at radius 3 is 2.57 bits per heavy atom. The number of hydrogen-bond donors (Lipinski definition) is 3. The topological polar surface area (TPSA) is 83.1 Å². The smallest absolute Gasteiger partial charge is 0.252 e. The minimum absolute atomic E-state index is 0.224. The maximum absolute atomic E-state index is 12.2. The van der Waals surface area contributed by atoms with Gasteiger partial charge in [0.05, 0.1) is 0 Å². The van der Waals surface area contributed by atoms with E-state index in [1.807, 2.05) is 6.92 Å². The SMILES string of the molecule is CCCc1cc(C(=O)NC(C)C(=O)NC)cc(NCC)n1. The molecule has 0 aliphatic rings. The summed E-state index contributed by atoms with van der Waals surface area (Å²) in [5.74, 6) is 0.185. The fourth-order valence-electron chi connectivity index (χ4n) is 1.94. The summed E-state index contributed by atoms with van der Waals surface area (Å²) in [6.45, 7) is 6.42. The predicted molar refractivity (Wildman–Crippen MR) is 83.4 cm³/mol. The molecule has 0 fully saturated rings. The fourth-order valence-corrected chi connectivity index (χ4v) is 1.94. The van der Waals surface area contributed by atoms with Crippen LogP contribution in [0.15, 0.2) is 12.1 Å². The average molecular weight is 292 g/mol. The van der Waals surface area contributed by atoms with Crippen molar-refractivity contribution in [3.8, 4) is 0 Å². The molecule has 2 amide bonds. The summed E-state index contributed by atoms with van der Waals surface area (Å²) in [5, 5.41) is 8.30. The van der Waals surface area contributed by atoms with Gasteiger partial charge in [-0.15, -0.1) is 0 Å². The Balaban J connectivity index is 2.93. The van der Waals surface area contributed by atoms with Crippen LogP contribution in [-0.4, -0.2) is 36.4 Å². The summed E-state index contributed by atoms with van der Waals surface area (Å²) in [4.78, 5) is 28.2. The molecule has 6 nitrogen and oxygen atoms in total. The third kappa shape index (κ3) is 5.06. The molecule has 116 valence electrons. The zero-order valence-corrected chi connectivity index (χ0v) is 13.1. The van der Waals surface area contributed by atoms with Crippen LogP contribution in [0.2, 0.25) is 0 Å². The van der Waals surface area contributed by atoms with Gasteiger partial charge in [-0.3, -0.25) is 9.59 Å². The highest BCUT2D eigenvalue weighted by molar-refractivity contribution is 5.98. The maximum atomic E-state index is 12.2. The van der Waals surface area contributed by atoms with Crippen LogP contribution in [0.5, 0.6) is 0 Å². The molecule has 0 aliphatic carbocycles. The number of rotatable bonds is 7. The molecule has 0 radical (unpaired) electrons. The van der Waals surface area contributed by atoms with Crippen molar-refractivity contribution in [2.45, 2.75) is 39.7 Å². The van der Waals surface area contributed by atoms with Gasteiger partial charge >= 0.3 is 0 Å². The van der Waals surface area contributed by atoms with E-state index in [1.54, 1.807) is 26.1 Å². The summed E-state index contributed by atoms with van der Waals surface area (Å²) in [5.41, 5.74) is 1.38. The van der Waals surface area contributed by atoms with Crippen LogP contribution >= 0.6 is 0 Å². The highest BCUT2D eigenvalue weighted by Crippen LogP contribution is 2.12. The number of aromatic nitrogens is 1. The second kappa shape index (κ2) is 8.24. The second-order valence-electron chi connectivity index (χ2n) is 4.82. The second-order valence-corrected chi connectivity index (χ2v) is 4.82. The van der Waals surface area contributed by atoms with Crippen molar-refractivity contribution in [1.82, 2.24) is 15.6 Å². The van der Waals surface area contributed by atoms with E-state index in [9.17, 15) is 9.59 Å². The zero-order valence-electron chi connectivity index (χ0n) is 13.1. The first kappa shape index (κ1) is 16.9. The molecular weight excluding hydrogens is 268 g/mol. The highest BCUT2D eigenvalue weighted by Gasteiger charge is 2.16. The fraction of sp³-hybridized carbons (Fsp3) is 0.533. The Morgan fingerprint density at radius 2 is 2.00 bits per heavy atom. The van der Waals surface area contributed by atoms with E-state index >= 15 is 0 Å². The minimum atomic E-state index is -0.576. The molecule has 0 saturated carbocycles. The molecule has 6 heteroatoms. The van der Waals surface area contributed by atoms with Gasteiger partial charge in [0, 0.05) is 24.8 Å². The van der Waals surface area contributed by atoms with Crippen molar-refractivity contribution in [2.75, 3.05) is 18.9 Å². The van der Waals surface area contributed by atoms with E-state index in [0.717, 1.165) is 25.1 Å². The number of pyridine rings is 1. The first-order valence-electron chi connectivity index (χ1n) is 7.29. The number of amides is 2. The van der Waals surface area contributed by atoms with Gasteiger partial charge in [-0.05, 0) is 32.4 Å². The number of carbonyl (C=O) groups excluding carboxylic acids is 2. The van der Waals surface area contributed by atoms with Crippen LogP contribution in [0.1, 0.15) is 43.2 Å². The highest BCUT2D eigenvalue weighted by atomic mass is 16.2. The lowest BCUT2D eigenvalue weighted by molar-refractivity contribution is -0.122. The average Bonchev–Trinajstić information content (AvgIpc) is 2.46. The standard InChI is InChI=1S/C15H24N4O2/c1-5-7-12-8-11(9-13(19-12)17-6-2)15(21)18-10(3)14(20)16-4/h8-10H,5-7H2,1-4H3,(H,16,20)(H,17,19)(H,18,21). The van der Waals surface area contributed by atoms with Gasteiger partial charge in [0.2, 0.25) is 5.91 Å². The molecular formula is C15H24N4O2. The third-order valence-electron chi connectivity index (χ3n) is 2.99. The molecule has 0 bridgehead atoms. The van der Waals surface area contributed by atoms with E-state index in [2.05, 4.69) is 27.9 Å². The molecule has 0 spiro atoms. The van der Waals surface area contributed by atoms with Gasteiger partial charge in [0.15, 0.2) is 0 Å². The van der Waals surface area contributed by atoms with Crippen molar-refractivity contribution >= 4 is 17.6 Å². The summed E-state index contributed by atoms with van der Waals surface area (Å²) in [6, 6.07) is 2.90. The Morgan fingerprint density at radius 1 is 1.29 bits per heavy atom. The van der Waals surface area contributed by atoms with Crippen LogP contribution in [0.3, 0.4) is 0 Å². The summed E-state index contributed by atoms with van der Waals surface area (Å²) < 4.78 is 0. The lowest BCUT2D eigenvalue weighted by Crippen LogP contribution is -2.43. The van der Waals surface area contributed by atoms with Crippen molar-refractivity contribution in [2.24, 2.45) is 0 Å². The molecule has 1 aromatic heterocycles. The van der Waals surface area contributed by atoms with Gasteiger partial charge < -0.3 is 16.0 Å². The van der Waals surface area contributed by atoms with E-state index in [1.165, 1.54) is 0 Å². The molecule has 1 unspecified atom stereocenters. The van der Waals surface area contributed by atoms with Gasteiger partial charge in [-0.2, -0.15) is 0 Å². The van der Waals surface area contributed by atoms with Crippen molar-refractivity contribution in [1.29, 1.82) is 0 Å². The van der Waals surface area contributed by atoms with Crippen LogP contribution in [0.4, 0.5) is 5.82 Å². The lowest BCUT2D eigenvalue weighted by atomic mass is 10.1. The Labute approximate surface area is 125 Å². The van der Waals surface area contributed by atoms with Crippen LogP contribution in [0.25, 0.3) is 0 Å². The van der Waals surface area contributed by atoms with Crippen LogP contribution < -0.4 is 16.0 Å². The number of aryl methyl sites for hydroxylation is 1. The molecule has 21 heavy (non-hydrogen) atoms. The molecule has 0 aliphatic heterocycles. The third-order valence-corrected chi connectivity index (χ3v) is 2.99. The van der Waals surface area contributed by atoms with Gasteiger partial charge in [0.1, 0.15) is 11.9 Å². The number of hydrogen-bond acceptors (Lipinski definition) is 4. The van der Waals surface area contributed by atoms with Gasteiger partial charge in [0.25, 0.3) is 5.91 Å². The minimum Gasteiger partial charge on any atom is -0.370 e. The molecule has 3 N–H and O–H groups in total. The van der Waals surface area contributed by atoms with E-state index in [4.69, 9.17) is 0 Å². The van der Waals surface area contributed by atoms with Crippen molar-refractivity contribution in [3.63, 3.8) is 0 Å². The van der Waals surface area contributed by atoms with Crippen LogP contribution in [-0.2, 0) is 11.2 Å². The molecule has 1 aromatic rings. The van der Waals surface area contributed by atoms with Crippen molar-refractivity contribution in [3.05, 3.63) is 23.4 Å². The first-order chi connectivity index (χ1) is 10.0. The van der Waals surface area contributed by atoms with E-state index in [0.29, 0.717) is 11.4 Å². The molecule has 1 atom stereocenters. The monoisotopic (exact) mass is 292 g/mol. The lowest BCUT2D eigenvalue weighted by Gasteiger charge is -2.14. The van der Waals surface area contributed by atoms with Gasteiger partial charge in [-0.1, -0.05) is 13.3 Å². The molecule has 1 heterocycles. The molecule has 1 rings (SSSR count). The van der Waals surface area contributed by atoms with Gasteiger partial charge in [-0.25, -0.2) is 4.98 Å².